The Morgan fingerprint density at radius 3 is 2.50 bits per heavy atom. The number of carbonyl (C=O) groups excluding carboxylic acids is 1. The zero-order valence-electron chi connectivity index (χ0n) is 10.0. The van der Waals surface area contributed by atoms with Crippen LogP contribution >= 0.6 is 11.6 Å². The van der Waals surface area contributed by atoms with Crippen LogP contribution < -0.4 is 11.1 Å². The lowest BCUT2D eigenvalue weighted by Gasteiger charge is -2.08. The summed E-state index contributed by atoms with van der Waals surface area (Å²) in [4.78, 5) is 11.7. The van der Waals surface area contributed by atoms with E-state index in [-0.39, 0.29) is 16.6 Å². The van der Waals surface area contributed by atoms with Gasteiger partial charge in [-0.3, -0.25) is 4.79 Å². The highest BCUT2D eigenvalue weighted by Gasteiger charge is 2.07. The second-order valence-electron chi connectivity index (χ2n) is 3.87. The van der Waals surface area contributed by atoms with Crippen molar-refractivity contribution in [1.29, 1.82) is 0 Å². The number of amides is 1. The summed E-state index contributed by atoms with van der Waals surface area (Å²) in [6, 6.07) is 0. The highest BCUT2D eigenvalue weighted by atomic mass is 35.5. The molecule has 0 aromatic rings. The van der Waals surface area contributed by atoms with Crippen molar-refractivity contribution >= 4 is 17.5 Å². The SMILES string of the molecule is C=C(N)/C(Cl)=C\C(=C/C)C(=O)NCC(C)C. The number of nitrogens with one attached hydrogen (secondary N) is 1. The summed E-state index contributed by atoms with van der Waals surface area (Å²) in [5, 5.41) is 3.08. The molecule has 4 heteroatoms. The van der Waals surface area contributed by atoms with E-state index in [0.29, 0.717) is 18.0 Å². The van der Waals surface area contributed by atoms with Crippen LogP contribution in [0.4, 0.5) is 0 Å². The molecular weight excluding hydrogens is 224 g/mol. The molecule has 0 heterocycles. The molecule has 16 heavy (non-hydrogen) atoms. The first kappa shape index (κ1) is 14.8. The van der Waals surface area contributed by atoms with Crippen molar-refractivity contribution in [3.63, 3.8) is 0 Å². The van der Waals surface area contributed by atoms with Gasteiger partial charge in [0.25, 0.3) is 5.91 Å². The van der Waals surface area contributed by atoms with Gasteiger partial charge in [-0.1, -0.05) is 38.1 Å². The molecule has 0 fully saturated rings. The van der Waals surface area contributed by atoms with E-state index in [1.165, 1.54) is 6.08 Å². The monoisotopic (exact) mass is 242 g/mol. The van der Waals surface area contributed by atoms with Crippen molar-refractivity contribution in [3.8, 4) is 0 Å². The summed E-state index contributed by atoms with van der Waals surface area (Å²) in [7, 11) is 0. The van der Waals surface area contributed by atoms with Crippen molar-refractivity contribution in [2.75, 3.05) is 6.54 Å². The largest absolute Gasteiger partial charge is 0.398 e. The van der Waals surface area contributed by atoms with E-state index in [0.717, 1.165) is 0 Å². The van der Waals surface area contributed by atoms with E-state index in [1.807, 2.05) is 13.8 Å². The van der Waals surface area contributed by atoms with Gasteiger partial charge in [0, 0.05) is 17.8 Å². The van der Waals surface area contributed by atoms with E-state index < -0.39 is 0 Å². The van der Waals surface area contributed by atoms with E-state index in [4.69, 9.17) is 17.3 Å². The van der Waals surface area contributed by atoms with E-state index in [1.54, 1.807) is 13.0 Å². The summed E-state index contributed by atoms with van der Waals surface area (Å²) in [5.41, 5.74) is 6.14. The Morgan fingerprint density at radius 1 is 1.56 bits per heavy atom. The predicted molar refractivity (Wildman–Crippen MR) is 68.9 cm³/mol. The summed E-state index contributed by atoms with van der Waals surface area (Å²) in [6.07, 6.45) is 3.19. The fourth-order valence-corrected chi connectivity index (χ4v) is 1.03. The molecule has 0 spiro atoms. The fraction of sp³-hybridized carbons (Fsp3) is 0.417. The lowest BCUT2D eigenvalue weighted by Crippen LogP contribution is -2.28. The molecule has 3 N–H and O–H groups in total. The smallest absolute Gasteiger partial charge is 0.251 e. The minimum atomic E-state index is -0.157. The van der Waals surface area contributed by atoms with Crippen LogP contribution in [0.15, 0.2) is 35.0 Å². The molecule has 0 rings (SSSR count). The molecule has 90 valence electrons. The Hall–Kier alpha value is -1.22. The van der Waals surface area contributed by atoms with Crippen LogP contribution in [-0.2, 0) is 4.79 Å². The number of rotatable bonds is 5. The molecule has 0 aliphatic carbocycles. The van der Waals surface area contributed by atoms with Gasteiger partial charge in [-0.15, -0.1) is 0 Å². The molecule has 0 saturated heterocycles. The Bertz CT molecular complexity index is 330. The second kappa shape index (κ2) is 7.12. The van der Waals surface area contributed by atoms with Gasteiger partial charge in [-0.05, 0) is 18.9 Å². The summed E-state index contributed by atoms with van der Waals surface area (Å²) in [5.74, 6) is 0.251. The molecular formula is C12H19ClN2O. The fourth-order valence-electron chi connectivity index (χ4n) is 0.908. The average molecular weight is 243 g/mol. The number of carbonyl (C=O) groups is 1. The number of halogens is 1. The Labute approximate surface area is 102 Å². The average Bonchev–Trinajstić information content (AvgIpc) is 2.21. The first-order chi connectivity index (χ1) is 7.38. The predicted octanol–water partition coefficient (Wildman–Crippen LogP) is 2.30. The molecule has 0 aromatic heterocycles. The van der Waals surface area contributed by atoms with E-state index >= 15 is 0 Å². The van der Waals surface area contributed by atoms with Crippen molar-refractivity contribution in [2.24, 2.45) is 11.7 Å². The molecule has 0 aromatic carbocycles. The van der Waals surface area contributed by atoms with E-state index in [9.17, 15) is 4.79 Å². The van der Waals surface area contributed by atoms with Gasteiger partial charge in [0.1, 0.15) is 0 Å². The molecule has 0 bridgehead atoms. The van der Waals surface area contributed by atoms with Crippen molar-refractivity contribution in [3.05, 3.63) is 35.0 Å². The van der Waals surface area contributed by atoms with Gasteiger partial charge in [0.05, 0.1) is 5.03 Å². The minimum Gasteiger partial charge on any atom is -0.398 e. The van der Waals surface area contributed by atoms with Crippen molar-refractivity contribution in [1.82, 2.24) is 5.32 Å². The molecule has 3 nitrogen and oxygen atoms in total. The van der Waals surface area contributed by atoms with Crippen LogP contribution in [0.2, 0.25) is 0 Å². The van der Waals surface area contributed by atoms with Crippen LogP contribution in [0.5, 0.6) is 0 Å². The van der Waals surface area contributed by atoms with E-state index in [2.05, 4.69) is 11.9 Å². The van der Waals surface area contributed by atoms with Gasteiger partial charge in [-0.25, -0.2) is 0 Å². The van der Waals surface area contributed by atoms with Gasteiger partial charge in [0.15, 0.2) is 0 Å². The lowest BCUT2D eigenvalue weighted by molar-refractivity contribution is -0.117. The lowest BCUT2D eigenvalue weighted by atomic mass is 10.2. The standard InChI is InChI=1S/C12H19ClN2O/c1-5-10(6-11(13)9(4)14)12(16)15-7-8(2)3/h5-6,8H,4,7,14H2,1-3H3,(H,15,16)/b10-5+,11-6+. The van der Waals surface area contributed by atoms with Crippen LogP contribution in [0.25, 0.3) is 0 Å². The van der Waals surface area contributed by atoms with Gasteiger partial charge < -0.3 is 11.1 Å². The summed E-state index contributed by atoms with van der Waals surface area (Å²) in [6.45, 7) is 9.95. The Morgan fingerprint density at radius 2 is 2.12 bits per heavy atom. The van der Waals surface area contributed by atoms with Gasteiger partial charge >= 0.3 is 0 Å². The van der Waals surface area contributed by atoms with Crippen LogP contribution in [0.1, 0.15) is 20.8 Å². The van der Waals surface area contributed by atoms with Crippen LogP contribution in [-0.4, -0.2) is 12.5 Å². The molecule has 0 atom stereocenters. The highest BCUT2D eigenvalue weighted by molar-refractivity contribution is 6.32. The number of hydrogen-bond acceptors (Lipinski definition) is 2. The maximum Gasteiger partial charge on any atom is 0.251 e. The quantitative estimate of drug-likeness (QED) is 0.574. The van der Waals surface area contributed by atoms with Gasteiger partial charge in [-0.2, -0.15) is 0 Å². The first-order valence-corrected chi connectivity index (χ1v) is 5.52. The third-order valence-corrected chi connectivity index (χ3v) is 2.18. The van der Waals surface area contributed by atoms with Crippen molar-refractivity contribution in [2.45, 2.75) is 20.8 Å². The zero-order chi connectivity index (χ0) is 12.7. The summed E-state index contributed by atoms with van der Waals surface area (Å²) >= 11 is 5.81. The highest BCUT2D eigenvalue weighted by Crippen LogP contribution is 2.11. The number of allylic oxidation sites excluding steroid dienone is 2. The molecule has 0 aliphatic heterocycles. The minimum absolute atomic E-state index is 0.157. The van der Waals surface area contributed by atoms with Crippen LogP contribution in [0.3, 0.4) is 0 Å². The topological polar surface area (TPSA) is 55.1 Å². The van der Waals surface area contributed by atoms with Gasteiger partial charge in [0.2, 0.25) is 0 Å². The molecule has 0 radical (unpaired) electrons. The number of hydrogen-bond donors (Lipinski definition) is 2. The zero-order valence-corrected chi connectivity index (χ0v) is 10.8. The normalized spacial score (nSPS) is 12.8. The molecule has 0 aliphatic rings. The number of nitrogens with two attached hydrogens (primary N) is 1. The molecule has 0 saturated carbocycles. The third kappa shape index (κ3) is 5.61. The Kier molecular flexibility index (Phi) is 6.58. The first-order valence-electron chi connectivity index (χ1n) is 5.15. The third-order valence-electron chi connectivity index (χ3n) is 1.83. The molecule has 0 unspecified atom stereocenters. The van der Waals surface area contributed by atoms with Crippen molar-refractivity contribution < 1.29 is 4.79 Å². The summed E-state index contributed by atoms with van der Waals surface area (Å²) < 4.78 is 0. The Balaban J connectivity index is 4.59. The van der Waals surface area contributed by atoms with Crippen LogP contribution in [0, 0.1) is 5.92 Å². The maximum atomic E-state index is 11.7. The maximum absolute atomic E-state index is 11.7. The second-order valence-corrected chi connectivity index (χ2v) is 4.27. The molecule has 1 amide bonds.